The number of nitrogens with one attached hydrogen (secondary N) is 2. The lowest BCUT2D eigenvalue weighted by molar-refractivity contribution is 0.102. The third-order valence-corrected chi connectivity index (χ3v) is 5.64. The van der Waals surface area contributed by atoms with Gasteiger partial charge in [0.15, 0.2) is 0 Å². The van der Waals surface area contributed by atoms with Crippen molar-refractivity contribution in [2.75, 3.05) is 10.6 Å². The number of nitrogens with zero attached hydrogens (tertiary/aromatic N) is 3. The first-order valence-electron chi connectivity index (χ1n) is 9.90. The molecule has 1 aliphatic rings. The third kappa shape index (κ3) is 3.98. The standard InChI is InChI=1S/C24H17Cl2N5O/c25-17-11-12-18(19(26)13-17)22(32)28-23-29-24-27-20(15-7-3-1-4-8-15)14-21(31(24)30-23)16-9-5-2-6-10-16/h1-14,21H,(H2,27,28,29,30,32)/t21-/m1/s1. The highest BCUT2D eigenvalue weighted by atomic mass is 35.5. The zero-order valence-corrected chi connectivity index (χ0v) is 18.2. The van der Waals surface area contributed by atoms with Crippen molar-refractivity contribution in [3.8, 4) is 0 Å². The second-order valence-corrected chi connectivity index (χ2v) is 8.05. The molecule has 0 saturated heterocycles. The van der Waals surface area contributed by atoms with Crippen LogP contribution in [0.2, 0.25) is 10.0 Å². The molecule has 8 heteroatoms. The van der Waals surface area contributed by atoms with Gasteiger partial charge in [0, 0.05) is 10.7 Å². The quantitative estimate of drug-likeness (QED) is 0.397. The molecule has 0 spiro atoms. The summed E-state index contributed by atoms with van der Waals surface area (Å²) < 4.78 is 1.75. The van der Waals surface area contributed by atoms with Crippen LogP contribution in [0.4, 0.5) is 11.9 Å². The van der Waals surface area contributed by atoms with Gasteiger partial charge in [-0.2, -0.15) is 4.98 Å². The first-order valence-corrected chi connectivity index (χ1v) is 10.7. The van der Waals surface area contributed by atoms with E-state index in [0.717, 1.165) is 16.8 Å². The second-order valence-electron chi connectivity index (χ2n) is 7.21. The van der Waals surface area contributed by atoms with Crippen molar-refractivity contribution >= 4 is 46.7 Å². The molecule has 2 heterocycles. The van der Waals surface area contributed by atoms with E-state index in [2.05, 4.69) is 26.8 Å². The lowest BCUT2D eigenvalue weighted by atomic mass is 10.0. The zero-order chi connectivity index (χ0) is 22.1. The average molecular weight is 462 g/mol. The van der Waals surface area contributed by atoms with Crippen LogP contribution >= 0.6 is 23.2 Å². The minimum absolute atomic E-state index is 0.173. The van der Waals surface area contributed by atoms with Gasteiger partial charge >= 0.3 is 0 Å². The smallest absolute Gasteiger partial charge is 0.259 e. The molecule has 0 saturated carbocycles. The average Bonchev–Trinajstić information content (AvgIpc) is 3.21. The Labute approximate surface area is 194 Å². The maximum absolute atomic E-state index is 12.7. The number of rotatable bonds is 4. The molecule has 0 bridgehead atoms. The number of carbonyl (C=O) groups excluding carboxylic acids is 1. The lowest BCUT2D eigenvalue weighted by Gasteiger charge is -2.24. The summed E-state index contributed by atoms with van der Waals surface area (Å²) in [7, 11) is 0. The van der Waals surface area contributed by atoms with Crippen molar-refractivity contribution in [1.82, 2.24) is 14.8 Å². The van der Waals surface area contributed by atoms with Crippen LogP contribution < -0.4 is 10.6 Å². The topological polar surface area (TPSA) is 71.8 Å². The van der Waals surface area contributed by atoms with Crippen molar-refractivity contribution in [3.63, 3.8) is 0 Å². The molecular weight excluding hydrogens is 445 g/mol. The summed E-state index contributed by atoms with van der Waals surface area (Å²) in [6.07, 6.45) is 2.09. The first-order chi connectivity index (χ1) is 15.6. The number of aromatic nitrogens is 3. The molecule has 32 heavy (non-hydrogen) atoms. The summed E-state index contributed by atoms with van der Waals surface area (Å²) in [5.41, 5.74) is 3.28. The van der Waals surface area contributed by atoms with Crippen molar-refractivity contribution in [2.45, 2.75) is 6.04 Å². The van der Waals surface area contributed by atoms with Crippen LogP contribution in [-0.2, 0) is 0 Å². The number of anilines is 2. The van der Waals surface area contributed by atoms with Gasteiger partial charge in [0.1, 0.15) is 6.04 Å². The number of hydrogen-bond acceptors (Lipinski definition) is 4. The van der Waals surface area contributed by atoms with Crippen LogP contribution in [0.25, 0.3) is 5.70 Å². The monoisotopic (exact) mass is 461 g/mol. The molecule has 2 N–H and O–H groups in total. The molecule has 3 aromatic carbocycles. The van der Waals surface area contributed by atoms with E-state index >= 15 is 0 Å². The number of carbonyl (C=O) groups is 1. The lowest BCUT2D eigenvalue weighted by Crippen LogP contribution is -2.20. The molecule has 1 aliphatic heterocycles. The van der Waals surface area contributed by atoms with E-state index in [-0.39, 0.29) is 17.0 Å². The van der Waals surface area contributed by atoms with Gasteiger partial charge in [0.05, 0.1) is 10.6 Å². The molecule has 1 amide bonds. The molecule has 4 aromatic rings. The molecule has 5 rings (SSSR count). The molecule has 6 nitrogen and oxygen atoms in total. The zero-order valence-electron chi connectivity index (χ0n) is 16.7. The van der Waals surface area contributed by atoms with Gasteiger partial charge in [-0.1, -0.05) is 83.9 Å². The van der Waals surface area contributed by atoms with E-state index in [9.17, 15) is 4.79 Å². The van der Waals surface area contributed by atoms with Crippen molar-refractivity contribution in [3.05, 3.63) is 112 Å². The molecule has 0 radical (unpaired) electrons. The van der Waals surface area contributed by atoms with Gasteiger partial charge in [-0.25, -0.2) is 4.68 Å². The van der Waals surface area contributed by atoms with Crippen LogP contribution in [0, 0.1) is 0 Å². The van der Waals surface area contributed by atoms with E-state index in [1.54, 1.807) is 16.8 Å². The van der Waals surface area contributed by atoms with Crippen LogP contribution in [0.3, 0.4) is 0 Å². The van der Waals surface area contributed by atoms with Gasteiger partial charge in [0.2, 0.25) is 5.95 Å². The SMILES string of the molecule is O=C(Nc1nc2n(n1)[C@@H](c1ccccc1)C=C(c1ccccc1)N2)c1ccc(Cl)cc1Cl. The normalized spacial score (nSPS) is 14.8. The minimum atomic E-state index is -0.415. The molecular formula is C24H17Cl2N5O. The first kappa shape index (κ1) is 20.3. The Morgan fingerprint density at radius 1 is 0.969 bits per heavy atom. The highest BCUT2D eigenvalue weighted by Gasteiger charge is 2.26. The van der Waals surface area contributed by atoms with E-state index < -0.39 is 5.91 Å². The maximum atomic E-state index is 12.7. The van der Waals surface area contributed by atoms with Crippen LogP contribution in [-0.4, -0.2) is 20.7 Å². The third-order valence-electron chi connectivity index (χ3n) is 5.09. The molecule has 0 fully saturated rings. The molecule has 158 valence electrons. The van der Waals surface area contributed by atoms with Gasteiger partial charge < -0.3 is 5.32 Å². The number of benzene rings is 3. The van der Waals surface area contributed by atoms with Crippen LogP contribution in [0.15, 0.2) is 84.9 Å². The Hall–Kier alpha value is -3.61. The molecule has 0 unspecified atom stereocenters. The molecule has 1 atom stereocenters. The molecule has 0 aliphatic carbocycles. The van der Waals surface area contributed by atoms with Crippen molar-refractivity contribution < 1.29 is 4.79 Å². The van der Waals surface area contributed by atoms with Crippen LogP contribution in [0.5, 0.6) is 0 Å². The highest BCUT2D eigenvalue weighted by molar-refractivity contribution is 6.37. The Balaban J connectivity index is 1.50. The van der Waals surface area contributed by atoms with E-state index in [1.807, 2.05) is 60.7 Å². The Bertz CT molecular complexity index is 1320. The number of allylic oxidation sites excluding steroid dienone is 1. The number of amides is 1. The second kappa shape index (κ2) is 8.49. The summed E-state index contributed by atoms with van der Waals surface area (Å²) in [4.78, 5) is 17.2. The summed E-state index contributed by atoms with van der Waals surface area (Å²) in [6.45, 7) is 0. The maximum Gasteiger partial charge on any atom is 0.259 e. The van der Waals surface area contributed by atoms with Gasteiger partial charge in [-0.05, 0) is 35.4 Å². The van der Waals surface area contributed by atoms with E-state index in [0.29, 0.717) is 16.5 Å². The van der Waals surface area contributed by atoms with E-state index in [4.69, 9.17) is 23.2 Å². The summed E-state index contributed by atoms with van der Waals surface area (Å²) >= 11 is 12.1. The fourth-order valence-corrected chi connectivity index (χ4v) is 4.06. The number of halogens is 2. The summed E-state index contributed by atoms with van der Waals surface area (Å²) in [6, 6.07) is 24.5. The number of fused-ring (bicyclic) bond motifs is 1. The van der Waals surface area contributed by atoms with E-state index in [1.165, 1.54) is 6.07 Å². The largest absolute Gasteiger partial charge is 0.324 e. The summed E-state index contributed by atoms with van der Waals surface area (Å²) in [5.74, 6) is 0.284. The van der Waals surface area contributed by atoms with Crippen molar-refractivity contribution in [1.29, 1.82) is 0 Å². The number of hydrogen-bond donors (Lipinski definition) is 2. The van der Waals surface area contributed by atoms with Gasteiger partial charge in [-0.15, -0.1) is 5.10 Å². The van der Waals surface area contributed by atoms with Crippen molar-refractivity contribution in [2.24, 2.45) is 0 Å². The van der Waals surface area contributed by atoms with Gasteiger partial charge in [0.25, 0.3) is 11.9 Å². The molecule has 1 aromatic heterocycles. The Morgan fingerprint density at radius 2 is 1.69 bits per heavy atom. The fraction of sp³-hybridized carbons (Fsp3) is 0.0417. The predicted molar refractivity (Wildman–Crippen MR) is 127 cm³/mol. The Morgan fingerprint density at radius 3 is 2.41 bits per heavy atom. The summed E-state index contributed by atoms with van der Waals surface area (Å²) in [5, 5.41) is 11.3. The Kier molecular flexibility index (Phi) is 5.39. The predicted octanol–water partition coefficient (Wildman–Crippen LogP) is 5.89. The fourth-order valence-electron chi connectivity index (χ4n) is 3.56. The highest BCUT2D eigenvalue weighted by Crippen LogP contribution is 2.33. The minimum Gasteiger partial charge on any atom is -0.324 e. The van der Waals surface area contributed by atoms with Crippen LogP contribution in [0.1, 0.15) is 27.5 Å². The van der Waals surface area contributed by atoms with Gasteiger partial charge in [-0.3, -0.25) is 10.1 Å².